The van der Waals surface area contributed by atoms with E-state index in [1.54, 1.807) is 12.4 Å². The third kappa shape index (κ3) is 3.43. The lowest BCUT2D eigenvalue weighted by Gasteiger charge is -2.03. The van der Waals surface area contributed by atoms with Gasteiger partial charge >= 0.3 is 5.97 Å². The Balaban J connectivity index is 2.05. The molecule has 0 saturated heterocycles. The lowest BCUT2D eigenvalue weighted by molar-refractivity contribution is -0.138. The number of aromatic nitrogens is 2. The van der Waals surface area contributed by atoms with Crippen LogP contribution in [-0.4, -0.2) is 33.3 Å². The van der Waals surface area contributed by atoms with Crippen molar-refractivity contribution in [3.8, 4) is 0 Å². The van der Waals surface area contributed by atoms with Gasteiger partial charge in [0.15, 0.2) is 6.04 Å². The lowest BCUT2D eigenvalue weighted by Crippen LogP contribution is -2.20. The largest absolute Gasteiger partial charge is 0.480 e. The van der Waals surface area contributed by atoms with Gasteiger partial charge in [-0.25, -0.2) is 14.8 Å². The number of nitrogens with zero attached hydrogens (tertiary/aromatic N) is 3. The normalized spacial score (nSPS) is 12.9. The highest BCUT2D eigenvalue weighted by atomic mass is 32.1. The first-order chi connectivity index (χ1) is 8.25. The number of rotatable bonds is 5. The van der Waals surface area contributed by atoms with E-state index in [1.165, 1.54) is 28.9 Å². The molecule has 0 saturated carbocycles. The molecule has 1 N–H and O–H groups in total. The first kappa shape index (κ1) is 11.9. The van der Waals surface area contributed by atoms with E-state index in [2.05, 4.69) is 15.0 Å². The quantitative estimate of drug-likeness (QED) is 0.837. The van der Waals surface area contributed by atoms with Crippen molar-refractivity contribution >= 4 is 34.9 Å². The third-order valence-corrected chi connectivity index (χ3v) is 3.46. The number of aliphatic imine (C=N–C) groups is 1. The Hall–Kier alpha value is -1.60. The summed E-state index contributed by atoms with van der Waals surface area (Å²) in [5.74, 6) is -0.951. The summed E-state index contributed by atoms with van der Waals surface area (Å²) in [6.07, 6.45) is 5.12. The van der Waals surface area contributed by atoms with Crippen molar-refractivity contribution in [2.45, 2.75) is 12.5 Å². The van der Waals surface area contributed by atoms with Gasteiger partial charge in [0.1, 0.15) is 5.01 Å². The summed E-state index contributed by atoms with van der Waals surface area (Å²) < 4.78 is 0. The summed E-state index contributed by atoms with van der Waals surface area (Å²) in [6, 6.07) is -0.801. The van der Waals surface area contributed by atoms with Crippen LogP contribution in [0.4, 0.5) is 0 Å². The molecule has 7 heteroatoms. The van der Waals surface area contributed by atoms with E-state index in [9.17, 15) is 4.79 Å². The Morgan fingerprint density at radius 3 is 2.76 bits per heavy atom. The van der Waals surface area contributed by atoms with Crippen LogP contribution >= 0.6 is 22.7 Å². The highest BCUT2D eigenvalue weighted by Gasteiger charge is 2.17. The molecule has 2 rings (SSSR count). The predicted molar refractivity (Wildman–Crippen MR) is 66.9 cm³/mol. The molecule has 88 valence electrons. The molecule has 0 aliphatic rings. The van der Waals surface area contributed by atoms with Gasteiger partial charge in [-0.3, -0.25) is 4.99 Å². The van der Waals surface area contributed by atoms with E-state index in [-0.39, 0.29) is 0 Å². The van der Waals surface area contributed by atoms with Gasteiger partial charge in [-0.15, -0.1) is 22.7 Å². The average molecular weight is 267 g/mol. The van der Waals surface area contributed by atoms with Gasteiger partial charge in [-0.05, 0) is 0 Å². The second kappa shape index (κ2) is 5.65. The number of hydrogen-bond acceptors (Lipinski definition) is 6. The Kier molecular flexibility index (Phi) is 3.94. The van der Waals surface area contributed by atoms with Crippen molar-refractivity contribution in [2.24, 2.45) is 4.99 Å². The molecule has 0 aromatic carbocycles. The summed E-state index contributed by atoms with van der Waals surface area (Å²) in [5.41, 5.74) is 0. The zero-order valence-electron chi connectivity index (χ0n) is 8.68. The molecular weight excluding hydrogens is 258 g/mol. The minimum atomic E-state index is -0.951. The van der Waals surface area contributed by atoms with Crippen LogP contribution in [0.25, 0.3) is 0 Å². The molecule has 0 aliphatic carbocycles. The molecule has 0 aliphatic heterocycles. The van der Waals surface area contributed by atoms with Crippen LogP contribution in [0.5, 0.6) is 0 Å². The maximum atomic E-state index is 11.0. The number of thiazole rings is 2. The summed E-state index contributed by atoms with van der Waals surface area (Å²) in [4.78, 5) is 23.1. The van der Waals surface area contributed by atoms with Crippen LogP contribution in [0.2, 0.25) is 0 Å². The van der Waals surface area contributed by atoms with E-state index in [0.29, 0.717) is 11.4 Å². The Bertz CT molecular complexity index is 494. The molecule has 5 nitrogen and oxygen atoms in total. The van der Waals surface area contributed by atoms with Crippen LogP contribution in [0.15, 0.2) is 28.1 Å². The topological polar surface area (TPSA) is 75.4 Å². The molecule has 2 heterocycles. The molecule has 2 aromatic rings. The van der Waals surface area contributed by atoms with E-state index < -0.39 is 12.0 Å². The molecule has 0 bridgehead atoms. The van der Waals surface area contributed by atoms with Crippen LogP contribution in [0.3, 0.4) is 0 Å². The van der Waals surface area contributed by atoms with Gasteiger partial charge in [-0.2, -0.15) is 0 Å². The van der Waals surface area contributed by atoms with Crippen molar-refractivity contribution in [1.29, 1.82) is 0 Å². The first-order valence-corrected chi connectivity index (χ1v) is 6.55. The molecule has 1 atom stereocenters. The van der Waals surface area contributed by atoms with Gasteiger partial charge < -0.3 is 5.11 Å². The summed E-state index contributed by atoms with van der Waals surface area (Å²) in [7, 11) is 0. The highest BCUT2D eigenvalue weighted by molar-refractivity contribution is 7.11. The van der Waals surface area contributed by atoms with E-state index in [0.717, 1.165) is 5.01 Å². The SMILES string of the molecule is O=C(O)C(Cc1nccs1)N=Cc1nccs1. The van der Waals surface area contributed by atoms with Gasteiger partial charge in [0.25, 0.3) is 0 Å². The average Bonchev–Trinajstić information content (AvgIpc) is 2.97. The highest BCUT2D eigenvalue weighted by Crippen LogP contribution is 2.10. The smallest absolute Gasteiger partial charge is 0.328 e. The monoisotopic (exact) mass is 267 g/mol. The molecule has 0 spiro atoms. The first-order valence-electron chi connectivity index (χ1n) is 4.79. The fraction of sp³-hybridized carbons (Fsp3) is 0.200. The Morgan fingerprint density at radius 1 is 1.41 bits per heavy atom. The van der Waals surface area contributed by atoms with Crippen LogP contribution in [0, 0.1) is 0 Å². The molecule has 1 unspecified atom stereocenters. The summed E-state index contributed by atoms with van der Waals surface area (Å²) >= 11 is 2.85. The maximum Gasteiger partial charge on any atom is 0.328 e. The Morgan fingerprint density at radius 2 is 2.18 bits per heavy atom. The third-order valence-electron chi connectivity index (χ3n) is 1.95. The predicted octanol–water partition coefficient (Wildman–Crippen LogP) is 1.71. The molecule has 0 radical (unpaired) electrons. The number of carboxylic acid groups (broad SMARTS) is 1. The Labute approximate surface area is 106 Å². The zero-order chi connectivity index (χ0) is 12.1. The standard InChI is InChI=1S/C10H9N3O2S2/c14-10(15)7(5-8-11-1-3-16-8)13-6-9-12-2-4-17-9/h1-4,6-7H,5H2,(H,14,15). The van der Waals surface area contributed by atoms with Gasteiger partial charge in [-0.1, -0.05) is 0 Å². The summed E-state index contributed by atoms with van der Waals surface area (Å²) in [6.45, 7) is 0. The molecule has 0 amide bonds. The number of carboxylic acids is 1. The van der Waals surface area contributed by atoms with E-state index in [4.69, 9.17) is 5.11 Å². The maximum absolute atomic E-state index is 11.0. The second-order valence-corrected chi connectivity index (χ2v) is 5.04. The zero-order valence-corrected chi connectivity index (χ0v) is 10.3. The molecular formula is C10H9N3O2S2. The molecule has 2 aromatic heterocycles. The molecule has 17 heavy (non-hydrogen) atoms. The minimum absolute atomic E-state index is 0.314. The second-order valence-electron chi connectivity index (χ2n) is 3.13. The van der Waals surface area contributed by atoms with Crippen molar-refractivity contribution in [3.05, 3.63) is 33.2 Å². The number of aliphatic carboxylic acids is 1. The van der Waals surface area contributed by atoms with E-state index >= 15 is 0 Å². The fourth-order valence-electron chi connectivity index (χ4n) is 1.17. The van der Waals surface area contributed by atoms with Crippen molar-refractivity contribution in [3.63, 3.8) is 0 Å². The van der Waals surface area contributed by atoms with Crippen LogP contribution in [0.1, 0.15) is 10.0 Å². The summed E-state index contributed by atoms with van der Waals surface area (Å²) in [5, 5.41) is 14.2. The van der Waals surface area contributed by atoms with Crippen molar-refractivity contribution < 1.29 is 9.90 Å². The van der Waals surface area contributed by atoms with Crippen LogP contribution < -0.4 is 0 Å². The van der Waals surface area contributed by atoms with Gasteiger partial charge in [0, 0.05) is 29.6 Å². The van der Waals surface area contributed by atoms with Crippen molar-refractivity contribution in [2.75, 3.05) is 0 Å². The number of hydrogen-bond donors (Lipinski definition) is 1. The molecule has 0 fully saturated rings. The van der Waals surface area contributed by atoms with E-state index in [1.807, 2.05) is 10.8 Å². The van der Waals surface area contributed by atoms with Gasteiger partial charge in [0.2, 0.25) is 0 Å². The van der Waals surface area contributed by atoms with Crippen LogP contribution in [-0.2, 0) is 11.2 Å². The fourth-order valence-corrected chi connectivity index (χ4v) is 2.33. The van der Waals surface area contributed by atoms with Crippen molar-refractivity contribution in [1.82, 2.24) is 9.97 Å². The lowest BCUT2D eigenvalue weighted by atomic mass is 10.2. The van der Waals surface area contributed by atoms with Gasteiger partial charge in [0.05, 0.1) is 11.2 Å². The minimum Gasteiger partial charge on any atom is -0.480 e. The number of carbonyl (C=O) groups is 1.